The van der Waals surface area contributed by atoms with E-state index in [2.05, 4.69) is 34.1 Å². The van der Waals surface area contributed by atoms with Crippen LogP contribution >= 0.6 is 11.8 Å². The van der Waals surface area contributed by atoms with E-state index in [1.165, 1.54) is 25.7 Å². The van der Waals surface area contributed by atoms with E-state index in [-0.39, 0.29) is 11.8 Å². The van der Waals surface area contributed by atoms with Crippen LogP contribution in [0.15, 0.2) is 4.99 Å². The van der Waals surface area contributed by atoms with Crippen molar-refractivity contribution in [3.05, 3.63) is 0 Å². The van der Waals surface area contributed by atoms with Gasteiger partial charge in [0.25, 0.3) is 0 Å². The summed E-state index contributed by atoms with van der Waals surface area (Å²) in [5, 5.41) is 10.5. The SMILES string of the molecule is CCNC(=NCCNC(=O)C(C)C)NC1CCCC(SC)C1. The standard InChI is InChI=1S/C16H32N4OS/c1-5-17-16(19-10-9-18-15(21)12(2)3)20-13-7-6-8-14(11-13)22-4/h12-14H,5-11H2,1-4H3,(H,18,21)(H2,17,19,20). The van der Waals surface area contributed by atoms with Gasteiger partial charge in [-0.1, -0.05) is 20.3 Å². The van der Waals surface area contributed by atoms with Crippen molar-refractivity contribution in [3.8, 4) is 0 Å². The number of rotatable bonds is 7. The van der Waals surface area contributed by atoms with E-state index in [1.54, 1.807) is 0 Å². The highest BCUT2D eigenvalue weighted by Crippen LogP contribution is 2.26. The van der Waals surface area contributed by atoms with Gasteiger partial charge in [-0.15, -0.1) is 0 Å². The lowest BCUT2D eigenvalue weighted by Gasteiger charge is -2.29. The van der Waals surface area contributed by atoms with Crippen molar-refractivity contribution in [1.29, 1.82) is 0 Å². The summed E-state index contributed by atoms with van der Waals surface area (Å²) >= 11 is 1.97. The van der Waals surface area contributed by atoms with Gasteiger partial charge in [0.15, 0.2) is 5.96 Å². The van der Waals surface area contributed by atoms with Gasteiger partial charge in [-0.2, -0.15) is 11.8 Å². The minimum Gasteiger partial charge on any atom is -0.357 e. The normalized spacial score (nSPS) is 22.5. The molecule has 22 heavy (non-hydrogen) atoms. The lowest BCUT2D eigenvalue weighted by atomic mass is 9.95. The summed E-state index contributed by atoms with van der Waals surface area (Å²) in [6.07, 6.45) is 7.23. The number of carbonyl (C=O) groups excluding carboxylic acids is 1. The van der Waals surface area contributed by atoms with E-state index >= 15 is 0 Å². The zero-order valence-corrected chi connectivity index (χ0v) is 15.3. The zero-order chi connectivity index (χ0) is 16.4. The monoisotopic (exact) mass is 328 g/mol. The first-order valence-corrected chi connectivity index (χ1v) is 9.71. The van der Waals surface area contributed by atoms with Crippen LogP contribution in [0.4, 0.5) is 0 Å². The molecule has 2 atom stereocenters. The van der Waals surface area contributed by atoms with Gasteiger partial charge in [0.1, 0.15) is 0 Å². The molecule has 0 saturated heterocycles. The number of carbonyl (C=O) groups is 1. The number of guanidine groups is 1. The highest BCUT2D eigenvalue weighted by molar-refractivity contribution is 7.99. The second-order valence-electron chi connectivity index (χ2n) is 6.07. The number of nitrogens with one attached hydrogen (secondary N) is 3. The molecule has 0 aromatic heterocycles. The third-order valence-corrected chi connectivity index (χ3v) is 4.94. The molecule has 2 unspecified atom stereocenters. The van der Waals surface area contributed by atoms with Crippen LogP contribution in [0.25, 0.3) is 0 Å². The maximum Gasteiger partial charge on any atom is 0.222 e. The lowest BCUT2D eigenvalue weighted by Crippen LogP contribution is -2.46. The van der Waals surface area contributed by atoms with Gasteiger partial charge in [0.05, 0.1) is 6.54 Å². The van der Waals surface area contributed by atoms with Crippen molar-refractivity contribution < 1.29 is 4.79 Å². The molecule has 0 aliphatic heterocycles. The lowest BCUT2D eigenvalue weighted by molar-refractivity contribution is -0.123. The van der Waals surface area contributed by atoms with Crippen LogP contribution in [-0.2, 0) is 4.79 Å². The van der Waals surface area contributed by atoms with Crippen LogP contribution in [0.5, 0.6) is 0 Å². The van der Waals surface area contributed by atoms with Crippen molar-refractivity contribution in [2.24, 2.45) is 10.9 Å². The maximum atomic E-state index is 11.5. The number of nitrogens with zero attached hydrogens (tertiary/aromatic N) is 1. The van der Waals surface area contributed by atoms with Crippen LogP contribution in [0, 0.1) is 5.92 Å². The summed E-state index contributed by atoms with van der Waals surface area (Å²) in [5.74, 6) is 0.984. The quantitative estimate of drug-likeness (QED) is 0.380. The average molecular weight is 329 g/mol. The Morgan fingerprint density at radius 1 is 1.32 bits per heavy atom. The number of aliphatic imine (C=N–C) groups is 1. The zero-order valence-electron chi connectivity index (χ0n) is 14.4. The van der Waals surface area contributed by atoms with Crippen molar-refractivity contribution in [2.45, 2.75) is 57.7 Å². The van der Waals surface area contributed by atoms with Crippen molar-refractivity contribution in [1.82, 2.24) is 16.0 Å². The van der Waals surface area contributed by atoms with Crippen LogP contribution in [0.3, 0.4) is 0 Å². The molecular formula is C16H32N4OS. The second-order valence-corrected chi connectivity index (χ2v) is 7.21. The molecule has 0 aromatic carbocycles. The third kappa shape index (κ3) is 7.38. The second kappa shape index (κ2) is 10.8. The Balaban J connectivity index is 2.39. The first kappa shape index (κ1) is 19.1. The van der Waals surface area contributed by atoms with Crippen LogP contribution in [-0.4, -0.2) is 49.0 Å². The topological polar surface area (TPSA) is 65.5 Å². The van der Waals surface area contributed by atoms with E-state index in [1.807, 2.05) is 25.6 Å². The summed E-state index contributed by atoms with van der Waals surface area (Å²) < 4.78 is 0. The third-order valence-electron chi connectivity index (χ3n) is 3.85. The molecule has 5 nitrogen and oxygen atoms in total. The van der Waals surface area contributed by atoms with Crippen LogP contribution in [0.1, 0.15) is 46.5 Å². The van der Waals surface area contributed by atoms with E-state index in [0.29, 0.717) is 19.1 Å². The maximum absolute atomic E-state index is 11.5. The minimum atomic E-state index is 0.0288. The van der Waals surface area contributed by atoms with Crippen LogP contribution in [0.2, 0.25) is 0 Å². The molecule has 1 saturated carbocycles. The van der Waals surface area contributed by atoms with Gasteiger partial charge in [-0.3, -0.25) is 9.79 Å². The average Bonchev–Trinajstić information content (AvgIpc) is 2.51. The predicted molar refractivity (Wildman–Crippen MR) is 96.5 cm³/mol. The van der Waals surface area contributed by atoms with E-state index in [9.17, 15) is 4.79 Å². The molecule has 0 radical (unpaired) electrons. The van der Waals surface area contributed by atoms with Gasteiger partial charge in [-0.25, -0.2) is 0 Å². The van der Waals surface area contributed by atoms with E-state index in [0.717, 1.165) is 17.8 Å². The summed E-state index contributed by atoms with van der Waals surface area (Å²) in [4.78, 5) is 16.1. The van der Waals surface area contributed by atoms with Gasteiger partial charge >= 0.3 is 0 Å². The Morgan fingerprint density at radius 3 is 2.73 bits per heavy atom. The van der Waals surface area contributed by atoms with Crippen molar-refractivity contribution >= 4 is 23.6 Å². The van der Waals surface area contributed by atoms with Gasteiger partial charge in [-0.05, 0) is 32.4 Å². The largest absolute Gasteiger partial charge is 0.357 e. The number of hydrogen-bond acceptors (Lipinski definition) is 3. The first-order valence-electron chi connectivity index (χ1n) is 8.42. The van der Waals surface area contributed by atoms with E-state index in [4.69, 9.17) is 0 Å². The highest BCUT2D eigenvalue weighted by Gasteiger charge is 2.21. The van der Waals surface area contributed by atoms with E-state index < -0.39 is 0 Å². The molecule has 0 heterocycles. The Bertz CT molecular complexity index is 360. The minimum absolute atomic E-state index is 0.0288. The Kier molecular flexibility index (Phi) is 9.36. The highest BCUT2D eigenvalue weighted by atomic mass is 32.2. The molecule has 1 fully saturated rings. The smallest absolute Gasteiger partial charge is 0.222 e. The fourth-order valence-electron chi connectivity index (χ4n) is 2.55. The van der Waals surface area contributed by atoms with Gasteiger partial charge in [0.2, 0.25) is 5.91 Å². The number of amides is 1. The molecular weight excluding hydrogens is 296 g/mol. The Labute approximate surface area is 139 Å². The fraction of sp³-hybridized carbons (Fsp3) is 0.875. The molecule has 1 amide bonds. The molecule has 0 aromatic rings. The molecule has 128 valence electrons. The molecule has 1 rings (SSSR count). The molecule has 0 spiro atoms. The molecule has 1 aliphatic carbocycles. The van der Waals surface area contributed by atoms with Gasteiger partial charge in [0, 0.05) is 30.3 Å². The van der Waals surface area contributed by atoms with Gasteiger partial charge < -0.3 is 16.0 Å². The molecule has 6 heteroatoms. The molecule has 1 aliphatic rings. The Morgan fingerprint density at radius 2 is 2.09 bits per heavy atom. The fourth-order valence-corrected chi connectivity index (χ4v) is 3.38. The molecule has 0 bridgehead atoms. The summed E-state index contributed by atoms with van der Waals surface area (Å²) in [6, 6.07) is 0.509. The summed E-state index contributed by atoms with van der Waals surface area (Å²) in [7, 11) is 0. The Hall–Kier alpha value is -0.910. The van der Waals surface area contributed by atoms with Crippen LogP contribution < -0.4 is 16.0 Å². The predicted octanol–water partition coefficient (Wildman–Crippen LogP) is 1.99. The summed E-state index contributed by atoms with van der Waals surface area (Å²) in [5.41, 5.74) is 0. The molecule has 3 N–H and O–H groups in total. The summed E-state index contributed by atoms with van der Waals surface area (Å²) in [6.45, 7) is 7.91. The van der Waals surface area contributed by atoms with Crippen molar-refractivity contribution in [3.63, 3.8) is 0 Å². The first-order chi connectivity index (χ1) is 10.6. The number of thioether (sulfide) groups is 1. The van der Waals surface area contributed by atoms with Crippen molar-refractivity contribution in [2.75, 3.05) is 25.9 Å². The number of hydrogen-bond donors (Lipinski definition) is 3.